The van der Waals surface area contributed by atoms with E-state index in [4.69, 9.17) is 28.9 Å². The first-order valence-electron chi connectivity index (χ1n) is 6.09. The molecule has 0 amide bonds. The van der Waals surface area contributed by atoms with Crippen molar-refractivity contribution in [3.8, 4) is 0 Å². The van der Waals surface area contributed by atoms with Crippen LogP contribution in [0.1, 0.15) is 17.3 Å². The monoisotopic (exact) mass is 358 g/mol. The fourth-order valence-electron chi connectivity index (χ4n) is 1.80. The lowest BCUT2D eigenvalue weighted by atomic mass is 10.1. The summed E-state index contributed by atoms with van der Waals surface area (Å²) in [5.74, 6) is -0.258. The van der Waals surface area contributed by atoms with Crippen LogP contribution in [0, 0.1) is 0 Å². The zero-order chi connectivity index (χ0) is 16.5. The van der Waals surface area contributed by atoms with Gasteiger partial charge in [-0.3, -0.25) is 9.52 Å². The van der Waals surface area contributed by atoms with Crippen LogP contribution in [0.15, 0.2) is 41.3 Å². The molecule has 2 aromatic carbocycles. The third-order valence-electron chi connectivity index (χ3n) is 2.91. The number of sulfonamides is 1. The molecule has 0 fully saturated rings. The number of rotatable bonds is 4. The van der Waals surface area contributed by atoms with Crippen LogP contribution < -0.4 is 10.5 Å². The molecule has 0 spiro atoms. The Morgan fingerprint density at radius 3 is 2.23 bits per heavy atom. The van der Waals surface area contributed by atoms with Crippen LogP contribution in [0.2, 0.25) is 10.0 Å². The number of halogens is 2. The summed E-state index contributed by atoms with van der Waals surface area (Å²) in [6.45, 7) is 1.35. The first-order valence-corrected chi connectivity index (χ1v) is 8.33. The molecule has 2 aromatic rings. The number of benzene rings is 2. The predicted octanol–water partition coefficient (Wildman–Crippen LogP) is 3.58. The van der Waals surface area contributed by atoms with E-state index < -0.39 is 10.0 Å². The van der Waals surface area contributed by atoms with Crippen molar-refractivity contribution in [3.05, 3.63) is 52.0 Å². The third kappa shape index (κ3) is 3.35. The van der Waals surface area contributed by atoms with Gasteiger partial charge < -0.3 is 5.73 Å². The van der Waals surface area contributed by atoms with E-state index in [1.807, 2.05) is 0 Å². The number of hydrogen-bond donors (Lipinski definition) is 2. The van der Waals surface area contributed by atoms with Gasteiger partial charge in [0, 0.05) is 5.56 Å². The van der Waals surface area contributed by atoms with Gasteiger partial charge in [-0.2, -0.15) is 0 Å². The summed E-state index contributed by atoms with van der Waals surface area (Å²) < 4.78 is 27.2. The van der Waals surface area contributed by atoms with Gasteiger partial charge in [0.15, 0.2) is 5.78 Å². The van der Waals surface area contributed by atoms with Crippen molar-refractivity contribution < 1.29 is 13.2 Å². The van der Waals surface area contributed by atoms with Gasteiger partial charge in [0.2, 0.25) is 0 Å². The van der Waals surface area contributed by atoms with Crippen molar-refractivity contribution in [2.24, 2.45) is 0 Å². The van der Waals surface area contributed by atoms with Crippen LogP contribution in [-0.2, 0) is 10.0 Å². The number of nitrogens with two attached hydrogens (primary N) is 1. The molecule has 22 heavy (non-hydrogen) atoms. The Bertz CT molecular complexity index is 828. The Morgan fingerprint density at radius 1 is 1.14 bits per heavy atom. The predicted molar refractivity (Wildman–Crippen MR) is 88.1 cm³/mol. The summed E-state index contributed by atoms with van der Waals surface area (Å²) in [5, 5.41) is 0.0699. The molecule has 0 saturated carbocycles. The number of para-hydroxylation sites is 1. The number of carbonyl (C=O) groups excluding carboxylic acids is 1. The summed E-state index contributed by atoms with van der Waals surface area (Å²) in [6.07, 6.45) is 0. The van der Waals surface area contributed by atoms with E-state index in [0.717, 1.165) is 0 Å². The SMILES string of the molecule is CC(=O)c1ccccc1NS(=O)(=O)c1cc(Cl)c(N)c(Cl)c1. The Balaban J connectivity index is 2.47. The minimum Gasteiger partial charge on any atom is -0.396 e. The summed E-state index contributed by atoms with van der Waals surface area (Å²) in [7, 11) is -3.96. The van der Waals surface area contributed by atoms with Crippen molar-refractivity contribution in [1.29, 1.82) is 0 Å². The standard InChI is InChI=1S/C14H12Cl2N2O3S/c1-8(19)10-4-2-3-5-13(10)18-22(20,21)9-6-11(15)14(17)12(16)7-9/h2-7,18H,17H2,1H3. The highest BCUT2D eigenvalue weighted by atomic mass is 35.5. The number of Topliss-reactive ketones (excluding diaryl/α,β-unsaturated/α-hetero) is 1. The Hall–Kier alpha value is -1.76. The number of carbonyl (C=O) groups is 1. The van der Waals surface area contributed by atoms with E-state index in [9.17, 15) is 13.2 Å². The molecule has 116 valence electrons. The van der Waals surface area contributed by atoms with E-state index >= 15 is 0 Å². The molecular weight excluding hydrogens is 347 g/mol. The van der Waals surface area contributed by atoms with Crippen molar-refractivity contribution >= 4 is 50.4 Å². The first-order chi connectivity index (χ1) is 10.2. The molecule has 8 heteroatoms. The minimum absolute atomic E-state index is 0.0349. The third-order valence-corrected chi connectivity index (χ3v) is 4.88. The van der Waals surface area contributed by atoms with E-state index in [2.05, 4.69) is 4.72 Å². The normalized spacial score (nSPS) is 11.2. The second-order valence-corrected chi connectivity index (χ2v) is 7.00. The highest BCUT2D eigenvalue weighted by Gasteiger charge is 2.19. The molecule has 0 atom stereocenters. The summed E-state index contributed by atoms with van der Waals surface area (Å²) in [5.41, 5.74) is 6.13. The quantitative estimate of drug-likeness (QED) is 0.645. The molecule has 0 heterocycles. The smallest absolute Gasteiger partial charge is 0.262 e. The zero-order valence-corrected chi connectivity index (χ0v) is 13.8. The maximum atomic E-state index is 12.4. The second-order valence-electron chi connectivity index (χ2n) is 4.51. The molecule has 5 nitrogen and oxygen atoms in total. The maximum Gasteiger partial charge on any atom is 0.262 e. The van der Waals surface area contributed by atoms with Gasteiger partial charge >= 0.3 is 0 Å². The lowest BCUT2D eigenvalue weighted by Gasteiger charge is -2.12. The summed E-state index contributed by atoms with van der Waals surface area (Å²) >= 11 is 11.7. The average Bonchev–Trinajstić information content (AvgIpc) is 2.44. The maximum absolute atomic E-state index is 12.4. The van der Waals surface area contributed by atoms with Crippen LogP contribution in [-0.4, -0.2) is 14.2 Å². The number of nitrogens with one attached hydrogen (secondary N) is 1. The Labute approximate surface area is 138 Å². The Kier molecular flexibility index (Phi) is 4.65. The van der Waals surface area contributed by atoms with Crippen molar-refractivity contribution in [2.45, 2.75) is 11.8 Å². The molecule has 0 radical (unpaired) electrons. The van der Waals surface area contributed by atoms with E-state index in [-0.39, 0.29) is 37.7 Å². The van der Waals surface area contributed by atoms with E-state index in [1.165, 1.54) is 31.2 Å². The molecule has 2 rings (SSSR count). The number of ketones is 1. The highest BCUT2D eigenvalue weighted by molar-refractivity contribution is 7.92. The van der Waals surface area contributed by atoms with Gasteiger partial charge in [0.05, 0.1) is 26.3 Å². The molecule has 0 aliphatic carbocycles. The van der Waals surface area contributed by atoms with Crippen LogP contribution in [0.25, 0.3) is 0 Å². The molecule has 0 saturated heterocycles. The van der Waals surface area contributed by atoms with Crippen molar-refractivity contribution in [3.63, 3.8) is 0 Å². The summed E-state index contributed by atoms with van der Waals surface area (Å²) in [4.78, 5) is 11.4. The summed E-state index contributed by atoms with van der Waals surface area (Å²) in [6, 6.07) is 8.68. The lowest BCUT2D eigenvalue weighted by molar-refractivity contribution is 0.101. The van der Waals surface area contributed by atoms with Gasteiger partial charge in [0.25, 0.3) is 10.0 Å². The highest BCUT2D eigenvalue weighted by Crippen LogP contribution is 2.31. The molecule has 0 unspecified atom stereocenters. The first kappa shape index (κ1) is 16.6. The Morgan fingerprint density at radius 2 is 1.68 bits per heavy atom. The van der Waals surface area contributed by atoms with Gasteiger partial charge in [-0.1, -0.05) is 35.3 Å². The van der Waals surface area contributed by atoms with Gasteiger partial charge in [-0.15, -0.1) is 0 Å². The van der Waals surface area contributed by atoms with Crippen molar-refractivity contribution in [1.82, 2.24) is 0 Å². The zero-order valence-electron chi connectivity index (χ0n) is 11.4. The molecule has 0 aliphatic heterocycles. The number of nitrogen functional groups attached to an aromatic ring is 1. The van der Waals surface area contributed by atoms with Crippen LogP contribution >= 0.6 is 23.2 Å². The van der Waals surface area contributed by atoms with Gasteiger partial charge in [-0.05, 0) is 31.2 Å². The lowest BCUT2D eigenvalue weighted by Crippen LogP contribution is -2.15. The van der Waals surface area contributed by atoms with Crippen LogP contribution in [0.5, 0.6) is 0 Å². The van der Waals surface area contributed by atoms with E-state index in [0.29, 0.717) is 0 Å². The fraction of sp³-hybridized carbons (Fsp3) is 0.0714. The van der Waals surface area contributed by atoms with E-state index in [1.54, 1.807) is 12.1 Å². The molecular formula is C14H12Cl2N2O3S. The minimum atomic E-state index is -3.96. The van der Waals surface area contributed by atoms with Gasteiger partial charge in [-0.25, -0.2) is 8.42 Å². The largest absolute Gasteiger partial charge is 0.396 e. The molecule has 0 aliphatic rings. The van der Waals surface area contributed by atoms with Gasteiger partial charge in [0.1, 0.15) is 0 Å². The molecule has 3 N–H and O–H groups in total. The van der Waals surface area contributed by atoms with Crippen LogP contribution in [0.4, 0.5) is 11.4 Å². The molecule has 0 bridgehead atoms. The van der Waals surface area contributed by atoms with Crippen LogP contribution in [0.3, 0.4) is 0 Å². The topological polar surface area (TPSA) is 89.3 Å². The number of hydrogen-bond acceptors (Lipinski definition) is 4. The number of anilines is 2. The second kappa shape index (κ2) is 6.16. The molecule has 0 aromatic heterocycles. The van der Waals surface area contributed by atoms with Crippen molar-refractivity contribution in [2.75, 3.05) is 10.5 Å². The average molecular weight is 359 g/mol. The fourth-order valence-corrected chi connectivity index (χ4v) is 3.55.